The van der Waals surface area contributed by atoms with Gasteiger partial charge < -0.3 is 24.6 Å². The summed E-state index contributed by atoms with van der Waals surface area (Å²) in [6, 6.07) is 9.65. The summed E-state index contributed by atoms with van der Waals surface area (Å²) in [5.41, 5.74) is 3.73. The van der Waals surface area contributed by atoms with E-state index in [4.69, 9.17) is 9.72 Å². The van der Waals surface area contributed by atoms with E-state index in [9.17, 15) is 14.7 Å². The Kier molecular flexibility index (Phi) is 6.08. The summed E-state index contributed by atoms with van der Waals surface area (Å²) >= 11 is 0. The first kappa shape index (κ1) is 24.1. The molecule has 36 heavy (non-hydrogen) atoms. The number of carboxylic acids is 1. The van der Waals surface area contributed by atoms with E-state index in [1.54, 1.807) is 7.11 Å². The molecule has 3 aromatic rings. The molecule has 0 aliphatic carbocycles. The van der Waals surface area contributed by atoms with E-state index < -0.39 is 11.4 Å². The Morgan fingerprint density at radius 3 is 2.50 bits per heavy atom. The molecule has 1 atom stereocenters. The third kappa shape index (κ3) is 4.26. The monoisotopic (exact) mass is 488 g/mol. The molecule has 0 spiro atoms. The maximum absolute atomic E-state index is 12.7. The zero-order valence-corrected chi connectivity index (χ0v) is 21.2. The van der Waals surface area contributed by atoms with Crippen LogP contribution in [0.4, 0.5) is 5.82 Å². The van der Waals surface area contributed by atoms with Crippen LogP contribution in [0.15, 0.2) is 47.5 Å². The summed E-state index contributed by atoms with van der Waals surface area (Å²) in [7, 11) is 1.63. The van der Waals surface area contributed by atoms with Crippen molar-refractivity contribution in [2.24, 2.45) is 5.41 Å². The lowest BCUT2D eigenvalue weighted by molar-refractivity contribution is 0.0693. The third-order valence-electron chi connectivity index (χ3n) is 7.26. The molecule has 8 nitrogen and oxygen atoms in total. The van der Waals surface area contributed by atoms with Gasteiger partial charge in [0.25, 0.3) is 0 Å². The van der Waals surface area contributed by atoms with Gasteiger partial charge in [0.2, 0.25) is 0 Å². The zero-order valence-electron chi connectivity index (χ0n) is 21.2. The molecule has 0 amide bonds. The molecule has 5 rings (SSSR count). The number of ether oxygens (including phenoxy) is 1. The number of pyridine rings is 2. The van der Waals surface area contributed by atoms with Gasteiger partial charge in [-0.1, -0.05) is 20.8 Å². The zero-order chi connectivity index (χ0) is 25.6. The molecule has 8 heteroatoms. The van der Waals surface area contributed by atoms with Crippen molar-refractivity contribution in [1.29, 1.82) is 0 Å². The van der Waals surface area contributed by atoms with Crippen LogP contribution in [0.1, 0.15) is 42.7 Å². The maximum atomic E-state index is 12.7. The van der Waals surface area contributed by atoms with Crippen LogP contribution >= 0.6 is 0 Å². The van der Waals surface area contributed by atoms with Crippen molar-refractivity contribution in [1.82, 2.24) is 14.9 Å². The second-order valence-corrected chi connectivity index (χ2v) is 10.6. The third-order valence-corrected chi connectivity index (χ3v) is 7.26. The molecule has 188 valence electrons. The van der Waals surface area contributed by atoms with Gasteiger partial charge >= 0.3 is 5.97 Å². The number of fused-ring (bicyclic) bond motifs is 3. The van der Waals surface area contributed by atoms with Crippen molar-refractivity contribution < 1.29 is 14.6 Å². The van der Waals surface area contributed by atoms with Crippen molar-refractivity contribution in [3.8, 4) is 28.1 Å². The molecule has 2 aliphatic rings. The highest BCUT2D eigenvalue weighted by atomic mass is 16.5. The van der Waals surface area contributed by atoms with Crippen LogP contribution in [0.25, 0.3) is 22.4 Å². The van der Waals surface area contributed by atoms with Crippen LogP contribution in [0.2, 0.25) is 0 Å². The minimum Gasteiger partial charge on any atom is -0.496 e. The summed E-state index contributed by atoms with van der Waals surface area (Å²) in [4.78, 5) is 31.4. The predicted molar refractivity (Wildman–Crippen MR) is 140 cm³/mol. The Balaban J connectivity index is 1.62. The van der Waals surface area contributed by atoms with Crippen LogP contribution < -0.4 is 20.4 Å². The lowest BCUT2D eigenvalue weighted by Gasteiger charge is -2.39. The Labute approximate surface area is 210 Å². The molecule has 2 aliphatic heterocycles. The van der Waals surface area contributed by atoms with Crippen molar-refractivity contribution in [3.63, 3.8) is 0 Å². The van der Waals surface area contributed by atoms with E-state index in [1.807, 2.05) is 16.8 Å². The van der Waals surface area contributed by atoms with E-state index >= 15 is 0 Å². The van der Waals surface area contributed by atoms with Gasteiger partial charge in [0.05, 0.1) is 12.8 Å². The Morgan fingerprint density at radius 2 is 1.89 bits per heavy atom. The van der Waals surface area contributed by atoms with Gasteiger partial charge in [0.15, 0.2) is 5.43 Å². The smallest absolute Gasteiger partial charge is 0.341 e. The highest BCUT2D eigenvalue weighted by Gasteiger charge is 2.34. The molecular weight excluding hydrogens is 456 g/mol. The predicted octanol–water partition coefficient (Wildman–Crippen LogP) is 3.84. The first-order chi connectivity index (χ1) is 17.2. The van der Waals surface area contributed by atoms with E-state index in [-0.39, 0.29) is 17.0 Å². The van der Waals surface area contributed by atoms with Crippen LogP contribution in [-0.4, -0.2) is 53.9 Å². The normalized spacial score (nSPS) is 17.3. The highest BCUT2D eigenvalue weighted by Crippen LogP contribution is 2.45. The molecule has 1 fully saturated rings. The summed E-state index contributed by atoms with van der Waals surface area (Å²) in [6.07, 6.45) is 4.10. The fourth-order valence-electron chi connectivity index (χ4n) is 5.27. The molecule has 2 aromatic heterocycles. The van der Waals surface area contributed by atoms with Crippen LogP contribution in [0.3, 0.4) is 0 Å². The lowest BCUT2D eigenvalue weighted by atomic mass is 9.78. The number of aromatic nitrogens is 2. The molecule has 0 bridgehead atoms. The minimum atomic E-state index is -1.21. The molecule has 0 saturated carbocycles. The second kappa shape index (κ2) is 9.09. The standard InChI is InChI=1S/C28H32N4O4/c1-28(2,3)25-12-18-11-20(17-5-6-26(30-15-17)31-9-7-29-8-10-31)24(36-4)13-19(18)22-14-23(33)21(27(34)35)16-32(22)25/h5-6,11,13-16,25,29H,7-10,12H2,1-4H3,(H,34,35). The second-order valence-electron chi connectivity index (χ2n) is 10.6. The van der Waals surface area contributed by atoms with Gasteiger partial charge in [-0.15, -0.1) is 0 Å². The van der Waals surface area contributed by atoms with Gasteiger partial charge in [-0.2, -0.15) is 0 Å². The van der Waals surface area contributed by atoms with Crippen molar-refractivity contribution in [2.75, 3.05) is 38.2 Å². The number of aromatic carboxylic acids is 1. The largest absolute Gasteiger partial charge is 0.496 e. The number of nitrogens with one attached hydrogen (secondary N) is 1. The summed E-state index contributed by atoms with van der Waals surface area (Å²) in [5, 5.41) is 12.9. The Hall–Kier alpha value is -3.65. The van der Waals surface area contributed by atoms with Crippen molar-refractivity contribution in [2.45, 2.75) is 33.2 Å². The number of anilines is 1. The quantitative estimate of drug-likeness (QED) is 0.576. The Morgan fingerprint density at radius 1 is 1.14 bits per heavy atom. The highest BCUT2D eigenvalue weighted by molar-refractivity contribution is 5.88. The minimum absolute atomic E-state index is 0.0202. The maximum Gasteiger partial charge on any atom is 0.341 e. The van der Waals surface area contributed by atoms with Gasteiger partial charge in [-0.3, -0.25) is 4.79 Å². The molecule has 1 saturated heterocycles. The van der Waals surface area contributed by atoms with E-state index in [1.165, 1.54) is 12.3 Å². The van der Waals surface area contributed by atoms with Gasteiger partial charge in [0.1, 0.15) is 17.1 Å². The van der Waals surface area contributed by atoms with E-state index in [0.29, 0.717) is 17.9 Å². The molecule has 2 N–H and O–H groups in total. The molecule has 1 aromatic carbocycles. The van der Waals surface area contributed by atoms with E-state index in [0.717, 1.165) is 54.3 Å². The average Bonchev–Trinajstić information content (AvgIpc) is 2.87. The van der Waals surface area contributed by atoms with Crippen molar-refractivity contribution >= 4 is 11.8 Å². The Bertz CT molecular complexity index is 1370. The number of benzene rings is 1. The van der Waals surface area contributed by atoms with Crippen LogP contribution in [0, 0.1) is 5.41 Å². The molecule has 4 heterocycles. The number of methoxy groups -OCH3 is 1. The van der Waals surface area contributed by atoms with Crippen LogP contribution in [-0.2, 0) is 6.42 Å². The van der Waals surface area contributed by atoms with Gasteiger partial charge in [-0.25, -0.2) is 9.78 Å². The topological polar surface area (TPSA) is 96.7 Å². The fraction of sp³-hybridized carbons (Fsp3) is 0.393. The first-order valence-electron chi connectivity index (χ1n) is 12.3. The van der Waals surface area contributed by atoms with E-state index in [2.05, 4.69) is 49.2 Å². The summed E-state index contributed by atoms with van der Waals surface area (Å²) in [5.74, 6) is 0.437. The number of carbonyl (C=O) groups is 1. The van der Waals surface area contributed by atoms with Crippen LogP contribution in [0.5, 0.6) is 5.75 Å². The molecule has 0 radical (unpaired) electrons. The molecule has 1 unspecified atom stereocenters. The number of rotatable bonds is 4. The SMILES string of the molecule is COc1cc2c(cc1-c1ccc(N3CCNCC3)nc1)CC(C(C)(C)C)n1cc(C(=O)O)c(=O)cc1-2. The van der Waals surface area contributed by atoms with Gasteiger partial charge in [0, 0.05) is 67.4 Å². The number of hydrogen-bond donors (Lipinski definition) is 2. The fourth-order valence-corrected chi connectivity index (χ4v) is 5.27. The van der Waals surface area contributed by atoms with Gasteiger partial charge in [-0.05, 0) is 41.7 Å². The first-order valence-corrected chi connectivity index (χ1v) is 12.3. The number of carboxylic acid groups (broad SMARTS) is 1. The summed E-state index contributed by atoms with van der Waals surface area (Å²) < 4.78 is 7.74. The summed E-state index contributed by atoms with van der Waals surface area (Å²) in [6.45, 7) is 10.2. The lowest BCUT2D eigenvalue weighted by Crippen LogP contribution is -2.43. The van der Waals surface area contributed by atoms with Crippen molar-refractivity contribution in [3.05, 3.63) is 64.1 Å². The molecular formula is C28H32N4O4. The number of piperazine rings is 1. The average molecular weight is 489 g/mol. The number of nitrogens with zero attached hydrogens (tertiary/aromatic N) is 3. The number of hydrogen-bond acceptors (Lipinski definition) is 6.